The summed E-state index contributed by atoms with van der Waals surface area (Å²) >= 11 is 0. The Morgan fingerprint density at radius 1 is 1.06 bits per heavy atom. The summed E-state index contributed by atoms with van der Waals surface area (Å²) in [6.45, 7) is 7.83. The molecule has 168 valence electrons. The van der Waals surface area contributed by atoms with Crippen molar-refractivity contribution in [3.63, 3.8) is 0 Å². The Balaban J connectivity index is 1.33. The smallest absolute Gasteiger partial charge is 0.410 e. The van der Waals surface area contributed by atoms with Crippen molar-refractivity contribution in [3.8, 4) is 0 Å². The maximum absolute atomic E-state index is 12.7. The zero-order valence-electron chi connectivity index (χ0n) is 18.5. The van der Waals surface area contributed by atoms with E-state index in [2.05, 4.69) is 15.3 Å². The van der Waals surface area contributed by atoms with Crippen LogP contribution in [0.5, 0.6) is 0 Å². The molecule has 2 aliphatic rings. The van der Waals surface area contributed by atoms with Crippen LogP contribution >= 0.6 is 0 Å². The first-order chi connectivity index (χ1) is 15.2. The highest BCUT2D eigenvalue weighted by Crippen LogP contribution is 2.33. The van der Waals surface area contributed by atoms with E-state index in [-0.39, 0.29) is 24.2 Å². The molecule has 32 heavy (non-hydrogen) atoms. The summed E-state index contributed by atoms with van der Waals surface area (Å²) in [5, 5.41) is 2.77. The van der Waals surface area contributed by atoms with Gasteiger partial charge in [0.05, 0.1) is 18.3 Å². The molecule has 1 atom stereocenters. The minimum Gasteiger partial charge on any atom is -0.444 e. The van der Waals surface area contributed by atoms with Crippen LogP contribution in [0.4, 0.5) is 16.4 Å². The fourth-order valence-electron chi connectivity index (χ4n) is 3.90. The van der Waals surface area contributed by atoms with Gasteiger partial charge in [0.25, 0.3) is 0 Å². The first kappa shape index (κ1) is 21.7. The third-order valence-corrected chi connectivity index (χ3v) is 5.49. The van der Waals surface area contributed by atoms with E-state index in [0.29, 0.717) is 43.4 Å². The van der Waals surface area contributed by atoms with Crippen molar-refractivity contribution in [2.75, 3.05) is 36.4 Å². The van der Waals surface area contributed by atoms with E-state index in [1.807, 2.05) is 37.8 Å². The Hall–Kier alpha value is -3.49. The van der Waals surface area contributed by atoms with Gasteiger partial charge in [-0.2, -0.15) is 0 Å². The Kier molecular flexibility index (Phi) is 5.82. The number of ketones is 1. The highest BCUT2D eigenvalue weighted by Gasteiger charge is 2.34. The SMILES string of the molecule is CC(C)(C)OC(=O)N1CCN(c2cnc(NC(=O)C3CC(=O)c4ccccc43)cn2)CC1. The van der Waals surface area contributed by atoms with Gasteiger partial charge in [0.1, 0.15) is 11.4 Å². The number of Topliss-reactive ketones (excluding diaryl/α,β-unsaturated/α-hetero) is 1. The van der Waals surface area contributed by atoms with E-state index in [1.165, 1.54) is 6.20 Å². The Labute approximate surface area is 186 Å². The lowest BCUT2D eigenvalue weighted by Crippen LogP contribution is -2.50. The van der Waals surface area contributed by atoms with Crippen molar-refractivity contribution in [2.24, 2.45) is 0 Å². The van der Waals surface area contributed by atoms with Gasteiger partial charge in [-0.25, -0.2) is 14.8 Å². The molecule has 0 radical (unpaired) electrons. The molecule has 9 nitrogen and oxygen atoms in total. The van der Waals surface area contributed by atoms with Crippen molar-refractivity contribution in [3.05, 3.63) is 47.8 Å². The average Bonchev–Trinajstić information content (AvgIpc) is 3.10. The van der Waals surface area contributed by atoms with E-state index >= 15 is 0 Å². The molecule has 2 aromatic rings. The maximum Gasteiger partial charge on any atom is 0.410 e. The van der Waals surface area contributed by atoms with E-state index in [4.69, 9.17) is 4.74 Å². The van der Waals surface area contributed by atoms with Crippen LogP contribution in [0.3, 0.4) is 0 Å². The molecule has 1 N–H and O–H groups in total. The van der Waals surface area contributed by atoms with Crippen LogP contribution in [-0.2, 0) is 9.53 Å². The summed E-state index contributed by atoms with van der Waals surface area (Å²) in [7, 11) is 0. The first-order valence-corrected chi connectivity index (χ1v) is 10.7. The molecular weight excluding hydrogens is 410 g/mol. The van der Waals surface area contributed by atoms with Crippen LogP contribution in [0.2, 0.25) is 0 Å². The number of nitrogens with zero attached hydrogens (tertiary/aromatic N) is 4. The number of piperazine rings is 1. The highest BCUT2D eigenvalue weighted by molar-refractivity contribution is 6.09. The summed E-state index contributed by atoms with van der Waals surface area (Å²) in [5.74, 6) is 0.210. The second-order valence-corrected chi connectivity index (χ2v) is 8.97. The normalized spacial score (nSPS) is 18.3. The molecule has 1 saturated heterocycles. The van der Waals surface area contributed by atoms with Crippen LogP contribution in [0, 0.1) is 0 Å². The van der Waals surface area contributed by atoms with E-state index in [0.717, 1.165) is 5.56 Å². The molecule has 0 spiro atoms. The number of hydrogen-bond donors (Lipinski definition) is 1. The molecule has 4 rings (SSSR count). The number of amides is 2. The van der Waals surface area contributed by atoms with Gasteiger partial charge in [0.2, 0.25) is 5.91 Å². The average molecular weight is 438 g/mol. The van der Waals surface area contributed by atoms with Gasteiger partial charge >= 0.3 is 6.09 Å². The standard InChI is InChI=1S/C23H27N5O4/c1-23(2,3)32-22(31)28-10-8-27(9-11-28)20-14-24-19(13-25-20)26-21(30)17-12-18(29)16-7-5-4-6-15(16)17/h4-7,13-14,17H,8-12H2,1-3H3,(H,24,26,30). The van der Waals surface area contributed by atoms with Crippen LogP contribution < -0.4 is 10.2 Å². The zero-order chi connectivity index (χ0) is 22.9. The van der Waals surface area contributed by atoms with Gasteiger partial charge in [-0.1, -0.05) is 24.3 Å². The third-order valence-electron chi connectivity index (χ3n) is 5.49. The molecule has 2 heterocycles. The van der Waals surface area contributed by atoms with E-state index < -0.39 is 11.5 Å². The summed E-state index contributed by atoms with van der Waals surface area (Å²) in [5.41, 5.74) is 0.843. The maximum atomic E-state index is 12.7. The van der Waals surface area contributed by atoms with Crippen LogP contribution in [0.1, 0.15) is 49.0 Å². The zero-order valence-corrected chi connectivity index (χ0v) is 18.5. The number of carbonyl (C=O) groups is 3. The van der Waals surface area contributed by atoms with E-state index in [9.17, 15) is 14.4 Å². The van der Waals surface area contributed by atoms with Crippen molar-refractivity contribution in [2.45, 2.75) is 38.7 Å². The topological polar surface area (TPSA) is 105 Å². The Morgan fingerprint density at radius 2 is 1.78 bits per heavy atom. The summed E-state index contributed by atoms with van der Waals surface area (Å²) in [6.07, 6.45) is 2.97. The number of hydrogen-bond acceptors (Lipinski definition) is 7. The molecule has 1 aliphatic heterocycles. The number of carbonyl (C=O) groups excluding carboxylic acids is 3. The summed E-state index contributed by atoms with van der Waals surface area (Å²) in [4.78, 5) is 49.5. The van der Waals surface area contributed by atoms with E-state index in [1.54, 1.807) is 23.2 Å². The lowest BCUT2D eigenvalue weighted by Gasteiger charge is -2.36. The molecule has 1 aliphatic carbocycles. The monoisotopic (exact) mass is 437 g/mol. The van der Waals surface area contributed by atoms with Gasteiger partial charge in [-0.3, -0.25) is 9.59 Å². The summed E-state index contributed by atoms with van der Waals surface area (Å²) in [6, 6.07) is 7.20. The second kappa shape index (κ2) is 8.57. The van der Waals surface area contributed by atoms with Crippen molar-refractivity contribution in [1.29, 1.82) is 0 Å². The molecule has 1 aromatic carbocycles. The molecule has 9 heteroatoms. The van der Waals surface area contributed by atoms with Crippen LogP contribution in [0.15, 0.2) is 36.7 Å². The lowest BCUT2D eigenvalue weighted by molar-refractivity contribution is -0.117. The van der Waals surface area contributed by atoms with Crippen molar-refractivity contribution in [1.82, 2.24) is 14.9 Å². The van der Waals surface area contributed by atoms with Crippen LogP contribution in [-0.4, -0.2) is 64.4 Å². The molecule has 0 bridgehead atoms. The number of nitrogens with one attached hydrogen (secondary N) is 1. The van der Waals surface area contributed by atoms with Gasteiger partial charge in [-0.05, 0) is 26.3 Å². The number of rotatable bonds is 3. The lowest BCUT2D eigenvalue weighted by atomic mass is 10.0. The van der Waals surface area contributed by atoms with Crippen molar-refractivity contribution >= 4 is 29.4 Å². The number of ether oxygens (including phenoxy) is 1. The fraction of sp³-hybridized carbons (Fsp3) is 0.435. The van der Waals surface area contributed by atoms with Gasteiger partial charge in [0.15, 0.2) is 11.6 Å². The predicted octanol–water partition coefficient (Wildman–Crippen LogP) is 2.84. The van der Waals surface area contributed by atoms with Crippen molar-refractivity contribution < 1.29 is 19.1 Å². The molecule has 1 unspecified atom stereocenters. The largest absolute Gasteiger partial charge is 0.444 e. The minimum atomic E-state index is -0.520. The highest BCUT2D eigenvalue weighted by atomic mass is 16.6. The minimum absolute atomic E-state index is 0.0206. The molecule has 1 fully saturated rings. The molecule has 0 saturated carbocycles. The predicted molar refractivity (Wildman–Crippen MR) is 119 cm³/mol. The third kappa shape index (κ3) is 4.71. The molecular formula is C23H27N5O4. The summed E-state index contributed by atoms with van der Waals surface area (Å²) < 4.78 is 5.42. The number of fused-ring (bicyclic) bond motifs is 1. The Morgan fingerprint density at radius 3 is 2.44 bits per heavy atom. The fourth-order valence-corrected chi connectivity index (χ4v) is 3.90. The number of benzene rings is 1. The Bertz CT molecular complexity index is 1020. The van der Waals surface area contributed by atoms with Crippen LogP contribution in [0.25, 0.3) is 0 Å². The quantitative estimate of drug-likeness (QED) is 0.787. The second-order valence-electron chi connectivity index (χ2n) is 8.97. The molecule has 1 aromatic heterocycles. The molecule has 2 amide bonds. The van der Waals surface area contributed by atoms with Gasteiger partial charge in [-0.15, -0.1) is 0 Å². The number of anilines is 2. The first-order valence-electron chi connectivity index (χ1n) is 10.7. The number of aromatic nitrogens is 2. The van der Waals surface area contributed by atoms with Gasteiger partial charge in [0, 0.05) is 38.2 Å². The van der Waals surface area contributed by atoms with Gasteiger partial charge < -0.3 is 19.9 Å².